The summed E-state index contributed by atoms with van der Waals surface area (Å²) in [5, 5.41) is 0. The molecule has 0 N–H and O–H groups in total. The Morgan fingerprint density at radius 1 is 1.00 bits per heavy atom. The summed E-state index contributed by atoms with van der Waals surface area (Å²) >= 11 is 6.22. The largest absolute Gasteiger partial charge is 0.270 e. The van der Waals surface area contributed by atoms with E-state index in [0.29, 0.717) is 10.0 Å². The van der Waals surface area contributed by atoms with Gasteiger partial charge in [0, 0.05) is 5.56 Å². The van der Waals surface area contributed by atoms with Gasteiger partial charge in [-0.2, -0.15) is 0 Å². The predicted molar refractivity (Wildman–Crippen MR) is 88.5 cm³/mol. The topological polar surface area (TPSA) is 20.3 Å². The van der Waals surface area contributed by atoms with Crippen molar-refractivity contribution in [3.05, 3.63) is 70.6 Å². The number of halogens is 2. The normalized spacial score (nSPS) is 16.6. The molecule has 6 heteroatoms. The van der Waals surface area contributed by atoms with Crippen LogP contribution in [0, 0.1) is 11.6 Å². The lowest BCUT2D eigenvalue weighted by Crippen LogP contribution is -2.27. The highest BCUT2D eigenvalue weighted by Crippen LogP contribution is 2.36. The second-order valence-corrected chi connectivity index (χ2v) is 6.16. The van der Waals surface area contributed by atoms with Gasteiger partial charge in [-0.15, -0.1) is 0 Å². The molecule has 0 bridgehead atoms. The molecular weight excluding hydrogens is 324 g/mol. The summed E-state index contributed by atoms with van der Waals surface area (Å²) in [6.45, 7) is 0. The van der Waals surface area contributed by atoms with Gasteiger partial charge in [-0.3, -0.25) is 9.69 Å². The van der Waals surface area contributed by atoms with E-state index in [1.54, 1.807) is 24.3 Å². The Balaban J connectivity index is 2.00. The fraction of sp³-hybridized carbons (Fsp3) is 0. The maximum atomic E-state index is 13.7. The number of carbonyl (C=O) groups is 1. The first-order chi connectivity index (χ1) is 10.6. The van der Waals surface area contributed by atoms with Crippen molar-refractivity contribution in [2.45, 2.75) is 0 Å². The van der Waals surface area contributed by atoms with Crippen molar-refractivity contribution in [2.75, 3.05) is 4.90 Å². The van der Waals surface area contributed by atoms with E-state index in [2.05, 4.69) is 0 Å². The number of rotatable bonds is 2. The van der Waals surface area contributed by atoms with Gasteiger partial charge in [-0.25, -0.2) is 8.78 Å². The molecule has 0 aromatic heterocycles. The summed E-state index contributed by atoms with van der Waals surface area (Å²) in [6.07, 6.45) is 1.20. The average Bonchev–Trinajstić information content (AvgIpc) is 2.78. The van der Waals surface area contributed by atoms with E-state index < -0.39 is 11.6 Å². The Morgan fingerprint density at radius 3 is 2.27 bits per heavy atom. The van der Waals surface area contributed by atoms with Crippen LogP contribution >= 0.6 is 24.0 Å². The fourth-order valence-electron chi connectivity index (χ4n) is 2.05. The second-order valence-electron chi connectivity index (χ2n) is 4.49. The maximum absolute atomic E-state index is 13.7. The molecule has 2 nitrogen and oxygen atoms in total. The number of thiocarbonyl (C=S) groups is 1. The minimum Gasteiger partial charge on any atom is -0.268 e. The molecule has 2 aromatic carbocycles. The molecule has 1 aliphatic heterocycles. The van der Waals surface area contributed by atoms with Crippen molar-refractivity contribution < 1.29 is 13.6 Å². The van der Waals surface area contributed by atoms with Crippen molar-refractivity contribution in [3.63, 3.8) is 0 Å². The smallest absolute Gasteiger partial charge is 0.268 e. The molecule has 0 radical (unpaired) electrons. The molecule has 1 heterocycles. The van der Waals surface area contributed by atoms with Gasteiger partial charge in [0.05, 0.1) is 10.6 Å². The molecule has 110 valence electrons. The zero-order chi connectivity index (χ0) is 15.7. The molecule has 22 heavy (non-hydrogen) atoms. The van der Waals surface area contributed by atoms with Crippen molar-refractivity contribution >= 4 is 46.0 Å². The lowest BCUT2D eigenvalue weighted by molar-refractivity contribution is -0.113. The van der Waals surface area contributed by atoms with Gasteiger partial charge >= 0.3 is 0 Å². The maximum Gasteiger partial charge on any atom is 0.270 e. The molecule has 1 fully saturated rings. The standard InChI is InChI=1S/C16H9F2NOS2/c17-12-7-4-8-13(18)11(12)9-14-15(20)19(16(21)22-14)10-5-2-1-3-6-10/h1-9H/b14-9-. The third kappa shape index (κ3) is 2.67. The Morgan fingerprint density at radius 2 is 1.64 bits per heavy atom. The second kappa shape index (κ2) is 5.98. The van der Waals surface area contributed by atoms with Crippen LogP contribution < -0.4 is 4.90 Å². The lowest BCUT2D eigenvalue weighted by atomic mass is 10.2. The summed E-state index contributed by atoms with van der Waals surface area (Å²) in [5.74, 6) is -1.82. The van der Waals surface area contributed by atoms with Gasteiger partial charge in [0.15, 0.2) is 4.32 Å². The Labute approximate surface area is 135 Å². The molecule has 2 aromatic rings. The molecule has 0 aliphatic carbocycles. The highest BCUT2D eigenvalue weighted by Gasteiger charge is 2.33. The van der Waals surface area contributed by atoms with Gasteiger partial charge in [0.25, 0.3) is 5.91 Å². The van der Waals surface area contributed by atoms with Crippen molar-refractivity contribution in [1.29, 1.82) is 0 Å². The summed E-state index contributed by atoms with van der Waals surface area (Å²) < 4.78 is 27.7. The zero-order valence-electron chi connectivity index (χ0n) is 11.1. The quantitative estimate of drug-likeness (QED) is 0.601. The first-order valence-electron chi connectivity index (χ1n) is 6.35. The number of carbonyl (C=O) groups excluding carboxylic acids is 1. The zero-order valence-corrected chi connectivity index (χ0v) is 12.8. The van der Waals surface area contributed by atoms with Gasteiger partial charge in [0.2, 0.25) is 0 Å². The molecule has 3 rings (SSSR count). The first kappa shape index (κ1) is 14.9. The highest BCUT2D eigenvalue weighted by molar-refractivity contribution is 8.27. The molecule has 0 spiro atoms. The lowest BCUT2D eigenvalue weighted by Gasteiger charge is -2.13. The number of benzene rings is 2. The Kier molecular flexibility index (Phi) is 4.04. The number of hydrogen-bond acceptors (Lipinski definition) is 3. The van der Waals surface area contributed by atoms with Crippen LogP contribution in [0.4, 0.5) is 14.5 Å². The van der Waals surface area contributed by atoms with Gasteiger partial charge in [-0.1, -0.05) is 48.2 Å². The fourth-order valence-corrected chi connectivity index (χ4v) is 3.33. The number of anilines is 1. The van der Waals surface area contributed by atoms with Crippen LogP contribution in [0.1, 0.15) is 5.56 Å². The first-order valence-corrected chi connectivity index (χ1v) is 7.57. The third-order valence-electron chi connectivity index (χ3n) is 3.08. The minimum atomic E-state index is -0.718. The van der Waals surface area contributed by atoms with Crippen LogP contribution in [-0.4, -0.2) is 10.2 Å². The van der Waals surface area contributed by atoms with E-state index in [0.717, 1.165) is 23.9 Å². The molecule has 0 atom stereocenters. The number of hydrogen-bond donors (Lipinski definition) is 0. The molecule has 1 saturated heterocycles. The highest BCUT2D eigenvalue weighted by atomic mass is 32.2. The van der Waals surface area contributed by atoms with Gasteiger partial charge in [-0.05, 0) is 30.3 Å². The van der Waals surface area contributed by atoms with Crippen molar-refractivity contribution in [2.24, 2.45) is 0 Å². The van der Waals surface area contributed by atoms with E-state index >= 15 is 0 Å². The van der Waals surface area contributed by atoms with Crippen LogP contribution in [-0.2, 0) is 4.79 Å². The van der Waals surface area contributed by atoms with E-state index in [1.165, 1.54) is 17.0 Å². The SMILES string of the molecule is O=C1/C(=C/c2c(F)cccc2F)SC(=S)N1c1ccccc1. The van der Waals surface area contributed by atoms with Gasteiger partial charge in [0.1, 0.15) is 11.6 Å². The Bertz CT molecular complexity index is 770. The number of nitrogens with zero attached hydrogens (tertiary/aromatic N) is 1. The average molecular weight is 333 g/mol. The third-order valence-corrected chi connectivity index (χ3v) is 4.39. The number of amides is 1. The molecule has 1 aliphatic rings. The molecule has 0 unspecified atom stereocenters. The summed E-state index contributed by atoms with van der Waals surface area (Å²) in [5.41, 5.74) is 0.387. The summed E-state index contributed by atoms with van der Waals surface area (Å²) in [7, 11) is 0. The van der Waals surface area contributed by atoms with Crippen molar-refractivity contribution in [1.82, 2.24) is 0 Å². The predicted octanol–water partition coefficient (Wildman–Crippen LogP) is 4.37. The van der Waals surface area contributed by atoms with Crippen LogP contribution in [0.5, 0.6) is 0 Å². The summed E-state index contributed by atoms with van der Waals surface area (Å²) in [4.78, 5) is 14.0. The van der Waals surface area contributed by atoms with E-state index in [1.807, 2.05) is 6.07 Å². The number of thioether (sulfide) groups is 1. The summed E-state index contributed by atoms with van der Waals surface area (Å²) in [6, 6.07) is 12.5. The van der Waals surface area contributed by atoms with E-state index in [9.17, 15) is 13.6 Å². The van der Waals surface area contributed by atoms with E-state index in [-0.39, 0.29) is 16.4 Å². The Hall–Kier alpha value is -2.05. The van der Waals surface area contributed by atoms with Crippen LogP contribution in [0.25, 0.3) is 6.08 Å². The van der Waals surface area contributed by atoms with Gasteiger partial charge < -0.3 is 0 Å². The van der Waals surface area contributed by atoms with E-state index in [4.69, 9.17) is 12.2 Å². The molecule has 0 saturated carbocycles. The monoisotopic (exact) mass is 333 g/mol. The minimum absolute atomic E-state index is 0.192. The molecule has 1 amide bonds. The molecular formula is C16H9F2NOS2. The van der Waals surface area contributed by atoms with Crippen LogP contribution in [0.2, 0.25) is 0 Å². The van der Waals surface area contributed by atoms with Crippen molar-refractivity contribution in [3.8, 4) is 0 Å². The number of para-hydroxylation sites is 1. The van der Waals surface area contributed by atoms with Crippen LogP contribution in [0.15, 0.2) is 53.4 Å². The van der Waals surface area contributed by atoms with Crippen LogP contribution in [0.3, 0.4) is 0 Å².